The molecule has 0 aromatic carbocycles. The van der Waals surface area contributed by atoms with Gasteiger partial charge in [-0.2, -0.15) is 5.10 Å². The maximum absolute atomic E-state index is 12.0. The van der Waals surface area contributed by atoms with E-state index in [0.29, 0.717) is 24.7 Å². The van der Waals surface area contributed by atoms with Crippen LogP contribution in [0.3, 0.4) is 0 Å². The Morgan fingerprint density at radius 2 is 2.00 bits per heavy atom. The third-order valence-electron chi connectivity index (χ3n) is 3.97. The van der Waals surface area contributed by atoms with Gasteiger partial charge in [0.1, 0.15) is 0 Å². The molecule has 1 aromatic heterocycles. The zero-order valence-corrected chi connectivity index (χ0v) is 13.3. The second-order valence-corrected chi connectivity index (χ2v) is 6.55. The van der Waals surface area contributed by atoms with Gasteiger partial charge in [0, 0.05) is 17.7 Å². The minimum absolute atomic E-state index is 0.0193. The standard InChI is InChI=1S/C15H28N4O/c1-10-11(2)18-19-14(10)17-13(20)7-6-12(8-9-16)15(3,4)5/h12H,6-9,16H2,1-5H3,(H2,17,18,19,20). The molecule has 114 valence electrons. The summed E-state index contributed by atoms with van der Waals surface area (Å²) in [6, 6.07) is 0. The number of nitrogens with two attached hydrogens (primary N) is 1. The summed E-state index contributed by atoms with van der Waals surface area (Å²) < 4.78 is 0. The number of aryl methyl sites for hydroxylation is 1. The van der Waals surface area contributed by atoms with Crippen LogP contribution < -0.4 is 11.1 Å². The molecule has 5 nitrogen and oxygen atoms in total. The molecule has 0 spiro atoms. The maximum Gasteiger partial charge on any atom is 0.225 e. The van der Waals surface area contributed by atoms with Crippen molar-refractivity contribution >= 4 is 11.7 Å². The smallest absolute Gasteiger partial charge is 0.225 e. The van der Waals surface area contributed by atoms with Crippen molar-refractivity contribution in [3.63, 3.8) is 0 Å². The van der Waals surface area contributed by atoms with Gasteiger partial charge in [-0.05, 0) is 44.6 Å². The molecular formula is C15H28N4O. The number of aromatic nitrogens is 2. The number of nitrogens with zero attached hydrogens (tertiary/aromatic N) is 1. The van der Waals surface area contributed by atoms with E-state index in [4.69, 9.17) is 5.73 Å². The summed E-state index contributed by atoms with van der Waals surface area (Å²) in [6.45, 7) is 11.2. The number of hydrogen-bond acceptors (Lipinski definition) is 3. The zero-order valence-electron chi connectivity index (χ0n) is 13.3. The van der Waals surface area contributed by atoms with Crippen LogP contribution in [-0.2, 0) is 4.79 Å². The topological polar surface area (TPSA) is 83.8 Å². The SMILES string of the molecule is Cc1[nH]nc(NC(=O)CCC(CCN)C(C)(C)C)c1C. The number of nitrogens with one attached hydrogen (secondary N) is 2. The minimum atomic E-state index is 0.0193. The Balaban J connectivity index is 2.52. The van der Waals surface area contributed by atoms with Crippen molar-refractivity contribution in [3.8, 4) is 0 Å². The van der Waals surface area contributed by atoms with Crippen LogP contribution in [-0.4, -0.2) is 22.6 Å². The highest BCUT2D eigenvalue weighted by atomic mass is 16.1. The van der Waals surface area contributed by atoms with Crippen LogP contribution in [0, 0.1) is 25.2 Å². The lowest BCUT2D eigenvalue weighted by Crippen LogP contribution is -2.25. The van der Waals surface area contributed by atoms with Crippen LogP contribution in [0.2, 0.25) is 0 Å². The summed E-state index contributed by atoms with van der Waals surface area (Å²) in [4.78, 5) is 12.0. The van der Waals surface area contributed by atoms with Crippen molar-refractivity contribution in [1.82, 2.24) is 10.2 Å². The van der Waals surface area contributed by atoms with Gasteiger partial charge in [0.25, 0.3) is 0 Å². The molecule has 4 N–H and O–H groups in total. The van der Waals surface area contributed by atoms with Crippen molar-refractivity contribution in [2.24, 2.45) is 17.1 Å². The van der Waals surface area contributed by atoms with Gasteiger partial charge in [-0.25, -0.2) is 0 Å². The lowest BCUT2D eigenvalue weighted by molar-refractivity contribution is -0.116. The van der Waals surface area contributed by atoms with Gasteiger partial charge in [0.15, 0.2) is 5.82 Å². The normalized spacial score (nSPS) is 13.3. The summed E-state index contributed by atoms with van der Waals surface area (Å²) >= 11 is 0. The number of anilines is 1. The van der Waals surface area contributed by atoms with Gasteiger partial charge in [-0.1, -0.05) is 20.8 Å². The molecule has 0 saturated carbocycles. The molecule has 1 aromatic rings. The molecule has 1 atom stereocenters. The molecule has 1 amide bonds. The summed E-state index contributed by atoms with van der Waals surface area (Å²) in [6.07, 6.45) is 2.32. The molecule has 0 fully saturated rings. The van der Waals surface area contributed by atoms with Crippen molar-refractivity contribution in [3.05, 3.63) is 11.3 Å². The highest BCUT2D eigenvalue weighted by Crippen LogP contribution is 2.32. The molecule has 0 aliphatic heterocycles. The lowest BCUT2D eigenvalue weighted by atomic mass is 9.76. The molecule has 5 heteroatoms. The zero-order chi connectivity index (χ0) is 15.3. The number of amides is 1. The van der Waals surface area contributed by atoms with E-state index in [0.717, 1.165) is 24.1 Å². The first-order chi connectivity index (χ1) is 9.25. The molecule has 1 rings (SSSR count). The highest BCUT2D eigenvalue weighted by molar-refractivity contribution is 5.90. The van der Waals surface area contributed by atoms with Crippen LogP contribution in [0.4, 0.5) is 5.82 Å². The first kappa shape index (κ1) is 16.7. The van der Waals surface area contributed by atoms with Crippen LogP contribution in [0.25, 0.3) is 0 Å². The molecule has 1 unspecified atom stereocenters. The van der Waals surface area contributed by atoms with Gasteiger partial charge in [0.05, 0.1) is 0 Å². The molecule has 0 saturated heterocycles. The molecule has 1 heterocycles. The van der Waals surface area contributed by atoms with E-state index in [1.807, 2.05) is 13.8 Å². The van der Waals surface area contributed by atoms with Crippen molar-refractivity contribution < 1.29 is 4.79 Å². The summed E-state index contributed by atoms with van der Waals surface area (Å²) in [7, 11) is 0. The van der Waals surface area contributed by atoms with Crippen molar-refractivity contribution in [2.45, 2.75) is 53.9 Å². The Morgan fingerprint density at radius 1 is 1.35 bits per heavy atom. The number of hydrogen-bond donors (Lipinski definition) is 3. The number of H-pyrrole nitrogens is 1. The number of carbonyl (C=O) groups excluding carboxylic acids is 1. The fraction of sp³-hybridized carbons (Fsp3) is 0.733. The quantitative estimate of drug-likeness (QED) is 0.749. The van der Waals surface area contributed by atoms with Gasteiger partial charge < -0.3 is 11.1 Å². The van der Waals surface area contributed by atoms with Gasteiger partial charge in [0.2, 0.25) is 5.91 Å². The Bertz CT molecular complexity index is 445. The second-order valence-electron chi connectivity index (χ2n) is 6.55. The highest BCUT2D eigenvalue weighted by Gasteiger charge is 2.24. The van der Waals surface area contributed by atoms with Gasteiger partial charge in [-0.3, -0.25) is 9.89 Å². The Hall–Kier alpha value is -1.36. The van der Waals surface area contributed by atoms with E-state index in [1.54, 1.807) is 0 Å². The number of carbonyl (C=O) groups is 1. The lowest BCUT2D eigenvalue weighted by Gasteiger charge is -2.30. The minimum Gasteiger partial charge on any atom is -0.330 e. The molecule has 0 aliphatic carbocycles. The van der Waals surface area contributed by atoms with Gasteiger partial charge >= 0.3 is 0 Å². The molecule has 20 heavy (non-hydrogen) atoms. The average molecular weight is 280 g/mol. The van der Waals surface area contributed by atoms with E-state index in [1.165, 1.54) is 0 Å². The van der Waals surface area contributed by atoms with E-state index in [9.17, 15) is 4.79 Å². The Kier molecular flexibility index (Phi) is 5.74. The fourth-order valence-corrected chi connectivity index (χ4v) is 2.32. The third-order valence-corrected chi connectivity index (χ3v) is 3.97. The van der Waals surface area contributed by atoms with Crippen molar-refractivity contribution in [1.29, 1.82) is 0 Å². The molecule has 0 aliphatic rings. The molecular weight excluding hydrogens is 252 g/mol. The largest absolute Gasteiger partial charge is 0.330 e. The Labute approximate surface area is 121 Å². The maximum atomic E-state index is 12.0. The fourth-order valence-electron chi connectivity index (χ4n) is 2.32. The second kappa shape index (κ2) is 6.88. The average Bonchev–Trinajstić information content (AvgIpc) is 2.65. The summed E-state index contributed by atoms with van der Waals surface area (Å²) in [5.41, 5.74) is 7.82. The third kappa shape index (κ3) is 4.63. The molecule has 0 bridgehead atoms. The number of rotatable bonds is 6. The van der Waals surface area contributed by atoms with Crippen LogP contribution in [0.1, 0.15) is 51.3 Å². The van der Waals surface area contributed by atoms with Crippen molar-refractivity contribution in [2.75, 3.05) is 11.9 Å². The van der Waals surface area contributed by atoms with Gasteiger partial charge in [-0.15, -0.1) is 0 Å². The predicted molar refractivity (Wildman–Crippen MR) is 82.5 cm³/mol. The van der Waals surface area contributed by atoms with Crippen LogP contribution in [0.15, 0.2) is 0 Å². The first-order valence-electron chi connectivity index (χ1n) is 7.27. The van der Waals surface area contributed by atoms with E-state index >= 15 is 0 Å². The first-order valence-corrected chi connectivity index (χ1v) is 7.27. The van der Waals surface area contributed by atoms with E-state index < -0.39 is 0 Å². The monoisotopic (exact) mass is 280 g/mol. The van der Waals surface area contributed by atoms with E-state index in [-0.39, 0.29) is 11.3 Å². The number of aromatic amines is 1. The van der Waals surface area contributed by atoms with E-state index in [2.05, 4.69) is 36.3 Å². The van der Waals surface area contributed by atoms with Crippen LogP contribution >= 0.6 is 0 Å². The summed E-state index contributed by atoms with van der Waals surface area (Å²) in [5, 5.41) is 9.83. The Morgan fingerprint density at radius 3 is 2.45 bits per heavy atom. The predicted octanol–water partition coefficient (Wildman–Crippen LogP) is 2.76. The van der Waals surface area contributed by atoms with Crippen LogP contribution in [0.5, 0.6) is 0 Å². The molecule has 0 radical (unpaired) electrons. The summed E-state index contributed by atoms with van der Waals surface area (Å²) in [5.74, 6) is 1.12.